The molecule has 0 aliphatic heterocycles. The van der Waals surface area contributed by atoms with Crippen molar-refractivity contribution in [1.29, 1.82) is 0 Å². The number of pyridine rings is 1. The van der Waals surface area contributed by atoms with E-state index in [2.05, 4.69) is 9.71 Å². The number of para-hydroxylation sites is 1. The lowest BCUT2D eigenvalue weighted by Crippen LogP contribution is -2.15. The molecule has 144 valence electrons. The van der Waals surface area contributed by atoms with Crippen LogP contribution in [0.4, 0.5) is 17.2 Å². The molecule has 0 fully saturated rings. The molecule has 0 saturated heterocycles. The third-order valence-corrected chi connectivity index (χ3v) is 6.50. The zero-order chi connectivity index (χ0) is 19.6. The highest BCUT2D eigenvalue weighted by atomic mass is 32.2. The average Bonchev–Trinajstić information content (AvgIpc) is 2.74. The summed E-state index contributed by atoms with van der Waals surface area (Å²) in [5.41, 5.74) is 3.87. The van der Waals surface area contributed by atoms with Gasteiger partial charge in [0.2, 0.25) is 0 Å². The Balaban J connectivity index is 1.52. The molecule has 0 spiro atoms. The number of hydrogen-bond acceptors (Lipinski definition) is 4. The van der Waals surface area contributed by atoms with E-state index in [1.54, 1.807) is 24.4 Å². The standard InChI is InChI=1S/C22H23N3O2S/c1-25(20-9-3-2-4-10-20)22-14-12-19(16-23-22)24-28(26,27)21-13-11-17-7-5-6-8-18(17)15-21/h2-4,9-16,24H,5-8H2,1H3. The molecule has 6 heteroatoms. The number of hydrogen-bond donors (Lipinski definition) is 1. The van der Waals surface area contributed by atoms with Crippen LogP contribution in [-0.4, -0.2) is 20.4 Å². The number of aromatic nitrogens is 1. The molecule has 28 heavy (non-hydrogen) atoms. The number of fused-ring (bicyclic) bond motifs is 1. The van der Waals surface area contributed by atoms with Gasteiger partial charge in [-0.2, -0.15) is 0 Å². The fraction of sp³-hybridized carbons (Fsp3) is 0.227. The number of sulfonamides is 1. The first-order valence-corrected chi connectivity index (χ1v) is 10.9. The Morgan fingerprint density at radius 2 is 1.68 bits per heavy atom. The minimum absolute atomic E-state index is 0.304. The maximum absolute atomic E-state index is 12.8. The Labute approximate surface area is 166 Å². The molecule has 0 amide bonds. The van der Waals surface area contributed by atoms with Gasteiger partial charge in [-0.15, -0.1) is 0 Å². The first-order valence-electron chi connectivity index (χ1n) is 9.42. The molecule has 0 unspecified atom stereocenters. The molecule has 0 saturated carbocycles. The molecule has 1 heterocycles. The monoisotopic (exact) mass is 393 g/mol. The van der Waals surface area contributed by atoms with Crippen molar-refractivity contribution in [3.05, 3.63) is 78.0 Å². The van der Waals surface area contributed by atoms with Crippen molar-refractivity contribution in [2.45, 2.75) is 30.6 Å². The Kier molecular flexibility index (Phi) is 5.05. The van der Waals surface area contributed by atoms with E-state index in [1.165, 1.54) is 12.0 Å². The van der Waals surface area contributed by atoms with Gasteiger partial charge in [0, 0.05) is 12.7 Å². The first-order chi connectivity index (χ1) is 13.5. The lowest BCUT2D eigenvalue weighted by Gasteiger charge is -2.19. The van der Waals surface area contributed by atoms with Crippen molar-refractivity contribution < 1.29 is 8.42 Å². The lowest BCUT2D eigenvalue weighted by atomic mass is 9.92. The fourth-order valence-electron chi connectivity index (χ4n) is 3.52. The zero-order valence-corrected chi connectivity index (χ0v) is 16.6. The van der Waals surface area contributed by atoms with Crippen LogP contribution in [0.15, 0.2) is 71.8 Å². The predicted octanol–water partition coefficient (Wildman–Crippen LogP) is 4.53. The van der Waals surface area contributed by atoms with E-state index in [4.69, 9.17) is 0 Å². The van der Waals surface area contributed by atoms with Gasteiger partial charge in [0.15, 0.2) is 0 Å². The lowest BCUT2D eigenvalue weighted by molar-refractivity contribution is 0.600. The summed E-state index contributed by atoms with van der Waals surface area (Å²) in [6.45, 7) is 0. The Morgan fingerprint density at radius 3 is 2.39 bits per heavy atom. The number of anilines is 3. The van der Waals surface area contributed by atoms with Crippen molar-refractivity contribution in [3.8, 4) is 0 Å². The maximum atomic E-state index is 12.8. The average molecular weight is 394 g/mol. The number of rotatable bonds is 5. The van der Waals surface area contributed by atoms with Crippen LogP contribution in [0.2, 0.25) is 0 Å². The Hall–Kier alpha value is -2.86. The highest BCUT2D eigenvalue weighted by Gasteiger charge is 2.18. The summed E-state index contributed by atoms with van der Waals surface area (Å²) in [7, 11) is -1.71. The molecule has 0 atom stereocenters. The number of aryl methyl sites for hydroxylation is 2. The van der Waals surface area contributed by atoms with Crippen molar-refractivity contribution in [3.63, 3.8) is 0 Å². The molecule has 1 aromatic heterocycles. The van der Waals surface area contributed by atoms with Crippen molar-refractivity contribution in [2.75, 3.05) is 16.7 Å². The molecular formula is C22H23N3O2S. The van der Waals surface area contributed by atoms with Crippen LogP contribution in [0.3, 0.4) is 0 Å². The second-order valence-electron chi connectivity index (χ2n) is 7.04. The van der Waals surface area contributed by atoms with Gasteiger partial charge in [-0.05, 0) is 73.2 Å². The van der Waals surface area contributed by atoms with Gasteiger partial charge >= 0.3 is 0 Å². The molecule has 1 aliphatic carbocycles. The van der Waals surface area contributed by atoms with Crippen LogP contribution in [0.5, 0.6) is 0 Å². The van der Waals surface area contributed by atoms with Crippen LogP contribution in [-0.2, 0) is 22.9 Å². The number of benzene rings is 2. The van der Waals surface area contributed by atoms with Crippen LogP contribution in [0, 0.1) is 0 Å². The number of nitrogens with zero attached hydrogens (tertiary/aromatic N) is 2. The smallest absolute Gasteiger partial charge is 0.261 e. The zero-order valence-electron chi connectivity index (χ0n) is 15.8. The van der Waals surface area contributed by atoms with E-state index in [-0.39, 0.29) is 0 Å². The molecule has 0 radical (unpaired) electrons. The van der Waals surface area contributed by atoms with E-state index in [9.17, 15) is 8.42 Å². The Bertz CT molecular complexity index is 1060. The molecule has 4 rings (SSSR count). The third kappa shape index (κ3) is 3.87. The summed E-state index contributed by atoms with van der Waals surface area (Å²) in [6, 6.07) is 18.9. The van der Waals surface area contributed by atoms with Gasteiger partial charge in [0.25, 0.3) is 10.0 Å². The first kappa shape index (κ1) is 18.5. The summed E-state index contributed by atoms with van der Waals surface area (Å²) in [5, 5.41) is 0. The van der Waals surface area contributed by atoms with Crippen molar-refractivity contribution >= 4 is 27.2 Å². The van der Waals surface area contributed by atoms with E-state index < -0.39 is 10.0 Å². The molecule has 0 bridgehead atoms. The van der Waals surface area contributed by atoms with E-state index in [0.717, 1.165) is 36.3 Å². The van der Waals surface area contributed by atoms with Crippen LogP contribution < -0.4 is 9.62 Å². The van der Waals surface area contributed by atoms with Gasteiger partial charge in [0.1, 0.15) is 5.82 Å². The molecule has 5 nitrogen and oxygen atoms in total. The van der Waals surface area contributed by atoms with Crippen LogP contribution in [0.25, 0.3) is 0 Å². The normalized spacial score (nSPS) is 13.6. The van der Waals surface area contributed by atoms with Crippen LogP contribution in [0.1, 0.15) is 24.0 Å². The predicted molar refractivity (Wildman–Crippen MR) is 113 cm³/mol. The van der Waals surface area contributed by atoms with Gasteiger partial charge in [0.05, 0.1) is 16.8 Å². The largest absolute Gasteiger partial charge is 0.329 e. The van der Waals surface area contributed by atoms with Gasteiger partial charge < -0.3 is 4.90 Å². The van der Waals surface area contributed by atoms with Gasteiger partial charge in [-0.25, -0.2) is 13.4 Å². The second kappa shape index (κ2) is 7.64. The van der Waals surface area contributed by atoms with Crippen LogP contribution >= 0.6 is 0 Å². The molecular weight excluding hydrogens is 370 g/mol. The van der Waals surface area contributed by atoms with E-state index in [1.807, 2.05) is 54.4 Å². The number of nitrogens with one attached hydrogen (secondary N) is 1. The summed E-state index contributed by atoms with van der Waals surface area (Å²) in [5.74, 6) is 0.739. The molecule has 3 aromatic rings. The molecule has 2 aromatic carbocycles. The fourth-order valence-corrected chi connectivity index (χ4v) is 4.61. The highest BCUT2D eigenvalue weighted by Crippen LogP contribution is 2.26. The third-order valence-electron chi connectivity index (χ3n) is 5.12. The topological polar surface area (TPSA) is 62.3 Å². The SMILES string of the molecule is CN(c1ccccc1)c1ccc(NS(=O)(=O)c2ccc3c(c2)CCCC3)cn1. The minimum Gasteiger partial charge on any atom is -0.329 e. The van der Waals surface area contributed by atoms with Gasteiger partial charge in [-0.3, -0.25) is 4.72 Å². The second-order valence-corrected chi connectivity index (χ2v) is 8.73. The summed E-state index contributed by atoms with van der Waals surface area (Å²) in [4.78, 5) is 6.65. The van der Waals surface area contributed by atoms with Gasteiger partial charge in [-0.1, -0.05) is 24.3 Å². The van der Waals surface area contributed by atoms with Crippen molar-refractivity contribution in [2.24, 2.45) is 0 Å². The molecule has 1 aliphatic rings. The summed E-state index contributed by atoms with van der Waals surface area (Å²) in [6.07, 6.45) is 5.81. The van der Waals surface area contributed by atoms with E-state index in [0.29, 0.717) is 10.6 Å². The summed E-state index contributed by atoms with van der Waals surface area (Å²) >= 11 is 0. The Morgan fingerprint density at radius 1 is 0.929 bits per heavy atom. The summed E-state index contributed by atoms with van der Waals surface area (Å²) < 4.78 is 28.2. The van der Waals surface area contributed by atoms with E-state index >= 15 is 0 Å². The molecule has 1 N–H and O–H groups in total. The van der Waals surface area contributed by atoms with Crippen molar-refractivity contribution in [1.82, 2.24) is 4.98 Å². The maximum Gasteiger partial charge on any atom is 0.261 e. The quantitative estimate of drug-likeness (QED) is 0.692. The highest BCUT2D eigenvalue weighted by molar-refractivity contribution is 7.92. The minimum atomic E-state index is -3.64.